The number of hydrogen-bond donors (Lipinski definition) is 1. The third kappa shape index (κ3) is 4.63. The Hall–Kier alpha value is -3.55. The van der Waals surface area contributed by atoms with E-state index in [2.05, 4.69) is 15.5 Å². The number of nitrogens with one attached hydrogen (secondary N) is 1. The third-order valence-corrected chi connectivity index (χ3v) is 5.46. The van der Waals surface area contributed by atoms with Gasteiger partial charge >= 0.3 is 0 Å². The number of hydrogen-bond acceptors (Lipinski definition) is 5. The van der Waals surface area contributed by atoms with Gasteiger partial charge in [0.25, 0.3) is 5.91 Å². The van der Waals surface area contributed by atoms with E-state index in [4.69, 9.17) is 4.52 Å². The smallest absolute Gasteiger partial charge is 0.253 e. The van der Waals surface area contributed by atoms with Gasteiger partial charge in [-0.1, -0.05) is 11.2 Å². The van der Waals surface area contributed by atoms with E-state index < -0.39 is 0 Å². The van der Waals surface area contributed by atoms with Crippen molar-refractivity contribution in [2.24, 2.45) is 0 Å². The number of aromatic nitrogens is 2. The van der Waals surface area contributed by atoms with Crippen LogP contribution in [0.15, 0.2) is 47.0 Å². The van der Waals surface area contributed by atoms with Gasteiger partial charge in [0.05, 0.1) is 0 Å². The first-order chi connectivity index (χ1) is 14.9. The summed E-state index contributed by atoms with van der Waals surface area (Å²) in [6.07, 6.45) is 1.40. The fourth-order valence-electron chi connectivity index (χ4n) is 3.66. The molecule has 1 aliphatic rings. The Bertz CT molecular complexity index is 1100. The molecule has 0 atom stereocenters. The van der Waals surface area contributed by atoms with Gasteiger partial charge in [0.1, 0.15) is 5.82 Å². The maximum Gasteiger partial charge on any atom is 0.253 e. The normalized spacial score (nSPS) is 14.5. The maximum absolute atomic E-state index is 13.8. The summed E-state index contributed by atoms with van der Waals surface area (Å²) in [6.45, 7) is 4.21. The van der Waals surface area contributed by atoms with Crippen molar-refractivity contribution in [3.63, 3.8) is 0 Å². The second-order valence-corrected chi connectivity index (χ2v) is 7.75. The summed E-state index contributed by atoms with van der Waals surface area (Å²) in [4.78, 5) is 30.1. The van der Waals surface area contributed by atoms with Gasteiger partial charge in [-0.2, -0.15) is 4.98 Å². The van der Waals surface area contributed by atoms with Crippen molar-refractivity contribution in [2.45, 2.75) is 32.6 Å². The summed E-state index contributed by atoms with van der Waals surface area (Å²) < 4.78 is 19.3. The molecule has 31 heavy (non-hydrogen) atoms. The highest BCUT2D eigenvalue weighted by Gasteiger charge is 2.28. The third-order valence-electron chi connectivity index (χ3n) is 5.46. The SMILES string of the molecule is CC(=O)Nc1ccc(-c2noc(C3CCN(C(=O)c4ccc(C)c(F)c4)CC3)n2)cc1. The quantitative estimate of drug-likeness (QED) is 0.682. The average Bonchev–Trinajstić information content (AvgIpc) is 3.26. The number of carbonyl (C=O) groups excluding carboxylic acids is 2. The van der Waals surface area contributed by atoms with Crippen molar-refractivity contribution in [1.29, 1.82) is 0 Å². The van der Waals surface area contributed by atoms with Crippen LogP contribution in [0.3, 0.4) is 0 Å². The van der Waals surface area contributed by atoms with E-state index in [0.29, 0.717) is 54.5 Å². The predicted octanol–water partition coefficient (Wildman–Crippen LogP) is 4.16. The van der Waals surface area contributed by atoms with Crippen LogP contribution in [0.1, 0.15) is 47.5 Å². The summed E-state index contributed by atoms with van der Waals surface area (Å²) in [7, 11) is 0. The molecule has 2 amide bonds. The highest BCUT2D eigenvalue weighted by molar-refractivity contribution is 5.94. The number of carbonyl (C=O) groups is 2. The summed E-state index contributed by atoms with van der Waals surface area (Å²) in [5, 5.41) is 6.79. The van der Waals surface area contributed by atoms with Crippen LogP contribution in [0.4, 0.5) is 10.1 Å². The molecule has 0 aliphatic carbocycles. The van der Waals surface area contributed by atoms with Crippen molar-refractivity contribution in [2.75, 3.05) is 18.4 Å². The monoisotopic (exact) mass is 422 g/mol. The van der Waals surface area contributed by atoms with E-state index in [-0.39, 0.29) is 23.5 Å². The molecule has 1 saturated heterocycles. The minimum Gasteiger partial charge on any atom is -0.339 e. The van der Waals surface area contributed by atoms with Gasteiger partial charge in [-0.15, -0.1) is 0 Å². The van der Waals surface area contributed by atoms with Crippen LogP contribution in [-0.4, -0.2) is 39.9 Å². The largest absolute Gasteiger partial charge is 0.339 e. The zero-order chi connectivity index (χ0) is 22.0. The van der Waals surface area contributed by atoms with Crippen molar-refractivity contribution in [3.05, 3.63) is 65.3 Å². The minimum atomic E-state index is -0.371. The van der Waals surface area contributed by atoms with Crippen LogP contribution in [0, 0.1) is 12.7 Å². The molecule has 1 fully saturated rings. The number of anilines is 1. The number of nitrogens with zero attached hydrogens (tertiary/aromatic N) is 3. The molecule has 7 nitrogen and oxygen atoms in total. The number of benzene rings is 2. The van der Waals surface area contributed by atoms with Gasteiger partial charge in [0, 0.05) is 42.7 Å². The second kappa shape index (κ2) is 8.67. The van der Waals surface area contributed by atoms with Gasteiger partial charge in [-0.25, -0.2) is 4.39 Å². The van der Waals surface area contributed by atoms with Crippen molar-refractivity contribution >= 4 is 17.5 Å². The fraction of sp³-hybridized carbons (Fsp3) is 0.304. The number of piperidine rings is 1. The van der Waals surface area contributed by atoms with Crippen molar-refractivity contribution in [3.8, 4) is 11.4 Å². The molecule has 8 heteroatoms. The predicted molar refractivity (Wildman–Crippen MR) is 113 cm³/mol. The lowest BCUT2D eigenvalue weighted by Gasteiger charge is -2.30. The number of amides is 2. The second-order valence-electron chi connectivity index (χ2n) is 7.75. The summed E-state index contributed by atoms with van der Waals surface area (Å²) in [5.74, 6) is 0.435. The molecule has 160 valence electrons. The van der Waals surface area contributed by atoms with E-state index in [1.807, 2.05) is 12.1 Å². The fourth-order valence-corrected chi connectivity index (χ4v) is 3.66. The Kier molecular flexibility index (Phi) is 5.79. The zero-order valence-corrected chi connectivity index (χ0v) is 17.4. The zero-order valence-electron chi connectivity index (χ0n) is 17.4. The number of rotatable bonds is 4. The number of aryl methyl sites for hydroxylation is 1. The highest BCUT2D eigenvalue weighted by Crippen LogP contribution is 2.29. The molecule has 1 aromatic heterocycles. The van der Waals surface area contributed by atoms with E-state index in [1.54, 1.807) is 36.1 Å². The van der Waals surface area contributed by atoms with Gasteiger partial charge in [-0.3, -0.25) is 9.59 Å². The Morgan fingerprint density at radius 1 is 1.13 bits per heavy atom. The van der Waals surface area contributed by atoms with Crippen LogP contribution < -0.4 is 5.32 Å². The first-order valence-corrected chi connectivity index (χ1v) is 10.2. The minimum absolute atomic E-state index is 0.0682. The van der Waals surface area contributed by atoms with Gasteiger partial charge in [0.15, 0.2) is 0 Å². The first kappa shape index (κ1) is 20.7. The summed E-state index contributed by atoms with van der Waals surface area (Å²) in [6, 6.07) is 11.8. The molecule has 1 N–H and O–H groups in total. The maximum atomic E-state index is 13.8. The van der Waals surface area contributed by atoms with Crippen molar-refractivity contribution in [1.82, 2.24) is 15.0 Å². The molecular formula is C23H23FN4O3. The highest BCUT2D eigenvalue weighted by atomic mass is 19.1. The molecule has 0 saturated carbocycles. The topological polar surface area (TPSA) is 88.3 Å². The van der Waals surface area contributed by atoms with Gasteiger partial charge < -0.3 is 14.7 Å². The Labute approximate surface area is 179 Å². The van der Waals surface area contributed by atoms with Crippen molar-refractivity contribution < 1.29 is 18.5 Å². The van der Waals surface area contributed by atoms with E-state index in [0.717, 1.165) is 5.56 Å². The molecular weight excluding hydrogens is 399 g/mol. The molecule has 0 spiro atoms. The van der Waals surface area contributed by atoms with Crippen LogP contribution in [0.5, 0.6) is 0 Å². The molecule has 0 unspecified atom stereocenters. The Balaban J connectivity index is 1.38. The molecule has 2 aromatic carbocycles. The Morgan fingerprint density at radius 3 is 2.48 bits per heavy atom. The summed E-state index contributed by atoms with van der Waals surface area (Å²) in [5.41, 5.74) is 2.38. The Morgan fingerprint density at radius 2 is 1.84 bits per heavy atom. The summed E-state index contributed by atoms with van der Waals surface area (Å²) >= 11 is 0. The van der Waals surface area contributed by atoms with E-state index in [1.165, 1.54) is 13.0 Å². The molecule has 0 radical (unpaired) electrons. The van der Waals surface area contributed by atoms with E-state index >= 15 is 0 Å². The van der Waals surface area contributed by atoms with E-state index in [9.17, 15) is 14.0 Å². The lowest BCUT2D eigenvalue weighted by Crippen LogP contribution is -2.38. The van der Waals surface area contributed by atoms with Gasteiger partial charge in [-0.05, 0) is 61.7 Å². The molecule has 2 heterocycles. The lowest BCUT2D eigenvalue weighted by atomic mass is 9.96. The van der Waals surface area contributed by atoms with Crippen LogP contribution >= 0.6 is 0 Å². The first-order valence-electron chi connectivity index (χ1n) is 10.2. The standard InChI is InChI=1S/C23H23FN4O3/c1-14-3-4-18(13-20(14)24)23(30)28-11-9-17(10-12-28)22-26-21(27-31-22)16-5-7-19(8-6-16)25-15(2)29/h3-8,13,17H,9-12H2,1-2H3,(H,25,29). The molecule has 0 bridgehead atoms. The van der Waals surface area contributed by atoms with Gasteiger partial charge in [0.2, 0.25) is 17.6 Å². The molecule has 1 aliphatic heterocycles. The molecule has 4 rings (SSSR count). The van der Waals surface area contributed by atoms with Crippen LogP contribution in [0.2, 0.25) is 0 Å². The molecule has 3 aromatic rings. The number of halogens is 1. The number of likely N-dealkylation sites (tertiary alicyclic amines) is 1. The van der Waals surface area contributed by atoms with Crippen LogP contribution in [0.25, 0.3) is 11.4 Å². The lowest BCUT2D eigenvalue weighted by molar-refractivity contribution is -0.114. The average molecular weight is 422 g/mol. The van der Waals surface area contributed by atoms with Crippen LogP contribution in [-0.2, 0) is 4.79 Å².